The summed E-state index contributed by atoms with van der Waals surface area (Å²) in [6.45, 7) is 0. The molecule has 0 heterocycles. The van der Waals surface area contributed by atoms with E-state index in [4.69, 9.17) is 0 Å². The quantitative estimate of drug-likeness (QED) is 0.379. The molecule has 4 aromatic rings. The van der Waals surface area contributed by atoms with Crippen molar-refractivity contribution >= 4 is 23.2 Å². The first-order valence-electron chi connectivity index (χ1n) is 9.18. The van der Waals surface area contributed by atoms with Crippen molar-refractivity contribution in [2.75, 3.05) is 0 Å². The average Bonchev–Trinajstić information content (AvgIpc) is 2.77. The van der Waals surface area contributed by atoms with Gasteiger partial charge in [0.2, 0.25) is 5.91 Å². The fourth-order valence-corrected chi connectivity index (χ4v) is 7.94. The predicted molar refractivity (Wildman–Crippen MR) is 115 cm³/mol. The molecule has 0 saturated heterocycles. The van der Waals surface area contributed by atoms with Crippen LogP contribution in [0, 0.1) is 5.82 Å². The number of hydrogen-bond acceptors (Lipinski definition) is 0. The second-order valence-electron chi connectivity index (χ2n) is 6.59. The second kappa shape index (κ2) is 8.04. The maximum atomic E-state index is 16.6. The van der Waals surface area contributed by atoms with Gasteiger partial charge in [0.15, 0.2) is 7.26 Å². The standard InChI is InChI=1S/C25H20F2P/c26-24-19-11-10-18-23(24)25(27)28(20-12-4-1-5-13-20,21-14-6-2-7-15-21)22-16-8-3-9-17-22/h1-19,25H/q+1. The van der Waals surface area contributed by atoms with Crippen molar-refractivity contribution in [1.29, 1.82) is 0 Å². The van der Waals surface area contributed by atoms with E-state index in [1.54, 1.807) is 18.2 Å². The molecular weight excluding hydrogens is 369 g/mol. The van der Waals surface area contributed by atoms with Gasteiger partial charge in [-0.05, 0) is 48.5 Å². The van der Waals surface area contributed by atoms with Gasteiger partial charge in [-0.15, -0.1) is 0 Å². The van der Waals surface area contributed by atoms with Gasteiger partial charge in [0.05, 0.1) is 5.56 Å². The van der Waals surface area contributed by atoms with Crippen LogP contribution in [0.3, 0.4) is 0 Å². The molecule has 0 fully saturated rings. The van der Waals surface area contributed by atoms with E-state index < -0.39 is 19.0 Å². The Morgan fingerprint density at radius 1 is 0.500 bits per heavy atom. The maximum absolute atomic E-state index is 16.6. The van der Waals surface area contributed by atoms with Crippen molar-refractivity contribution in [3.05, 3.63) is 127 Å². The number of benzene rings is 4. The van der Waals surface area contributed by atoms with Crippen molar-refractivity contribution in [1.82, 2.24) is 0 Å². The average molecular weight is 389 g/mol. The third-order valence-electron chi connectivity index (χ3n) is 4.99. The maximum Gasteiger partial charge on any atom is 0.247 e. The minimum absolute atomic E-state index is 0.104. The van der Waals surface area contributed by atoms with E-state index in [2.05, 4.69) is 0 Å². The van der Waals surface area contributed by atoms with E-state index in [0.717, 1.165) is 15.9 Å². The van der Waals surface area contributed by atoms with Gasteiger partial charge in [-0.3, -0.25) is 0 Å². The van der Waals surface area contributed by atoms with Gasteiger partial charge in [0.1, 0.15) is 21.7 Å². The Labute approximate surface area is 164 Å². The largest absolute Gasteiger partial charge is 0.247 e. The molecule has 0 spiro atoms. The number of hydrogen-bond donors (Lipinski definition) is 0. The molecule has 0 nitrogen and oxygen atoms in total. The Morgan fingerprint density at radius 3 is 1.25 bits per heavy atom. The lowest BCUT2D eigenvalue weighted by Gasteiger charge is -2.30. The number of alkyl halides is 1. The summed E-state index contributed by atoms with van der Waals surface area (Å²) in [5, 5.41) is 2.68. The molecule has 0 N–H and O–H groups in total. The van der Waals surface area contributed by atoms with Crippen molar-refractivity contribution < 1.29 is 8.78 Å². The molecule has 0 aliphatic heterocycles. The SMILES string of the molecule is Fc1ccccc1C(F)[P+](c1ccccc1)(c1ccccc1)c1ccccc1. The Morgan fingerprint density at radius 2 is 0.857 bits per heavy atom. The summed E-state index contributed by atoms with van der Waals surface area (Å²) >= 11 is 0. The van der Waals surface area contributed by atoms with E-state index >= 15 is 4.39 Å². The van der Waals surface area contributed by atoms with Crippen LogP contribution in [0.15, 0.2) is 115 Å². The van der Waals surface area contributed by atoms with Crippen LogP contribution >= 0.6 is 7.26 Å². The summed E-state index contributed by atoms with van der Waals surface area (Å²) in [5.41, 5.74) is 0.104. The zero-order chi connectivity index (χ0) is 19.4. The number of halogens is 2. The summed E-state index contributed by atoms with van der Waals surface area (Å²) in [6, 6.07) is 35.2. The molecule has 138 valence electrons. The molecule has 4 aromatic carbocycles. The molecule has 0 aliphatic carbocycles. The Balaban J connectivity index is 2.09. The highest BCUT2D eigenvalue weighted by Crippen LogP contribution is 2.67. The highest BCUT2D eigenvalue weighted by atomic mass is 31.2. The zero-order valence-corrected chi connectivity index (χ0v) is 16.1. The summed E-state index contributed by atoms with van der Waals surface area (Å²) < 4.78 is 31.3. The van der Waals surface area contributed by atoms with Crippen molar-refractivity contribution in [3.8, 4) is 0 Å². The summed E-state index contributed by atoms with van der Waals surface area (Å²) in [6.07, 6.45) is 0. The van der Waals surface area contributed by atoms with Crippen LogP contribution in [0.4, 0.5) is 8.78 Å². The van der Waals surface area contributed by atoms with Gasteiger partial charge in [0, 0.05) is 0 Å². The first-order valence-corrected chi connectivity index (χ1v) is 11.0. The molecule has 28 heavy (non-hydrogen) atoms. The molecule has 0 amide bonds. The lowest BCUT2D eigenvalue weighted by atomic mass is 10.2. The minimum Gasteiger partial charge on any atom is -0.206 e. The lowest BCUT2D eigenvalue weighted by Crippen LogP contribution is -2.34. The second-order valence-corrected chi connectivity index (χ2v) is 10.0. The third-order valence-corrected chi connectivity index (χ3v) is 9.29. The molecule has 0 aliphatic rings. The first kappa shape index (κ1) is 18.5. The Bertz CT molecular complexity index is 937. The van der Waals surface area contributed by atoms with Crippen LogP contribution in [0.25, 0.3) is 0 Å². The topological polar surface area (TPSA) is 0 Å². The van der Waals surface area contributed by atoms with E-state index in [0.29, 0.717) is 0 Å². The normalized spacial score (nSPS) is 12.5. The monoisotopic (exact) mass is 389 g/mol. The van der Waals surface area contributed by atoms with Crippen LogP contribution in [-0.4, -0.2) is 0 Å². The Kier molecular flexibility index (Phi) is 5.32. The molecule has 3 heteroatoms. The van der Waals surface area contributed by atoms with Crippen molar-refractivity contribution in [3.63, 3.8) is 0 Å². The van der Waals surface area contributed by atoms with Crippen LogP contribution < -0.4 is 15.9 Å². The highest BCUT2D eigenvalue weighted by molar-refractivity contribution is 7.95. The molecule has 0 aromatic heterocycles. The van der Waals surface area contributed by atoms with Crippen LogP contribution in [0.5, 0.6) is 0 Å². The Hall–Kier alpha value is -2.83. The molecule has 0 bridgehead atoms. The van der Waals surface area contributed by atoms with Crippen LogP contribution in [-0.2, 0) is 0 Å². The van der Waals surface area contributed by atoms with Gasteiger partial charge in [-0.25, -0.2) is 4.39 Å². The van der Waals surface area contributed by atoms with E-state index in [1.807, 2.05) is 91.0 Å². The summed E-state index contributed by atoms with van der Waals surface area (Å²) in [7, 11) is -2.80. The van der Waals surface area contributed by atoms with Gasteiger partial charge in [-0.1, -0.05) is 66.7 Å². The van der Waals surface area contributed by atoms with Gasteiger partial charge in [0.25, 0.3) is 0 Å². The summed E-state index contributed by atoms with van der Waals surface area (Å²) in [5.74, 6) is -2.01. The number of rotatable bonds is 5. The smallest absolute Gasteiger partial charge is 0.206 e. The van der Waals surface area contributed by atoms with E-state index in [1.165, 1.54) is 6.07 Å². The third kappa shape index (κ3) is 3.15. The van der Waals surface area contributed by atoms with Crippen LogP contribution in [0.2, 0.25) is 0 Å². The summed E-state index contributed by atoms with van der Waals surface area (Å²) in [4.78, 5) is 0. The van der Waals surface area contributed by atoms with E-state index in [9.17, 15) is 4.39 Å². The van der Waals surface area contributed by atoms with Gasteiger partial charge < -0.3 is 0 Å². The molecule has 1 unspecified atom stereocenters. The van der Waals surface area contributed by atoms with Crippen molar-refractivity contribution in [2.45, 2.75) is 5.91 Å². The highest BCUT2D eigenvalue weighted by Gasteiger charge is 2.54. The minimum atomic E-state index is -2.80. The fourth-order valence-electron chi connectivity index (χ4n) is 3.71. The molecular formula is C25H20F2P+. The van der Waals surface area contributed by atoms with E-state index in [-0.39, 0.29) is 5.56 Å². The van der Waals surface area contributed by atoms with Crippen LogP contribution in [0.1, 0.15) is 11.5 Å². The van der Waals surface area contributed by atoms with Gasteiger partial charge in [-0.2, -0.15) is 4.39 Å². The van der Waals surface area contributed by atoms with Crippen molar-refractivity contribution in [2.24, 2.45) is 0 Å². The fraction of sp³-hybridized carbons (Fsp3) is 0.0400. The molecule has 0 radical (unpaired) electrons. The molecule has 0 saturated carbocycles. The zero-order valence-electron chi connectivity index (χ0n) is 15.3. The predicted octanol–water partition coefficient (Wildman–Crippen LogP) is 5.79. The lowest BCUT2D eigenvalue weighted by molar-refractivity contribution is 0.442. The molecule has 1 atom stereocenters. The molecule has 4 rings (SSSR count). The first-order chi connectivity index (χ1) is 13.7. The van der Waals surface area contributed by atoms with Gasteiger partial charge >= 0.3 is 0 Å².